The minimum atomic E-state index is -1.20. The van der Waals surface area contributed by atoms with Crippen molar-refractivity contribution in [3.63, 3.8) is 0 Å². The van der Waals surface area contributed by atoms with Gasteiger partial charge in [0.05, 0.1) is 6.61 Å². The van der Waals surface area contributed by atoms with Gasteiger partial charge in [-0.1, -0.05) is 23.7 Å². The molecular weight excluding hydrogens is 410 g/mol. The van der Waals surface area contributed by atoms with Crippen LogP contribution in [0.1, 0.15) is 24.8 Å². The Balaban J connectivity index is 1.39. The van der Waals surface area contributed by atoms with Gasteiger partial charge in [-0.25, -0.2) is 9.98 Å². The lowest BCUT2D eigenvalue weighted by atomic mass is 9.83. The number of hydrogen-bond donors (Lipinski definition) is 4. The van der Waals surface area contributed by atoms with E-state index in [1.54, 1.807) is 4.90 Å². The number of aliphatic imine (C=N–C) groups is 3. The number of fused-ring (bicyclic) bond motifs is 1. The van der Waals surface area contributed by atoms with Crippen molar-refractivity contribution in [2.75, 3.05) is 13.3 Å². The third-order valence-corrected chi connectivity index (χ3v) is 6.70. The Morgan fingerprint density at radius 1 is 1.27 bits per heavy atom. The Kier molecular flexibility index (Phi) is 4.73. The molecular formula is C20H24ClN5O4. The van der Waals surface area contributed by atoms with Gasteiger partial charge in [0.15, 0.2) is 17.7 Å². The van der Waals surface area contributed by atoms with E-state index in [0.29, 0.717) is 23.0 Å². The Morgan fingerprint density at radius 3 is 2.73 bits per heavy atom. The molecule has 1 aromatic rings. The fraction of sp³-hybridized carbons (Fsp3) is 0.550. The van der Waals surface area contributed by atoms with Crippen molar-refractivity contribution < 1.29 is 20.1 Å². The second-order valence-electron chi connectivity index (χ2n) is 8.44. The van der Waals surface area contributed by atoms with Gasteiger partial charge in [-0.3, -0.25) is 4.99 Å². The van der Waals surface area contributed by atoms with E-state index in [2.05, 4.69) is 21.0 Å². The van der Waals surface area contributed by atoms with Crippen molar-refractivity contribution in [3.05, 3.63) is 34.9 Å². The molecule has 5 rings (SSSR count). The second kappa shape index (κ2) is 7.08. The number of halogens is 1. The predicted octanol–water partition coefficient (Wildman–Crippen LogP) is 0.0102. The summed E-state index contributed by atoms with van der Waals surface area (Å²) in [5.41, 5.74) is 7.25. The van der Waals surface area contributed by atoms with E-state index in [4.69, 9.17) is 22.1 Å². The first-order chi connectivity index (χ1) is 14.4. The van der Waals surface area contributed by atoms with Crippen LogP contribution in [0.2, 0.25) is 5.02 Å². The molecule has 2 fully saturated rings. The zero-order valence-corrected chi connectivity index (χ0v) is 17.0. The van der Waals surface area contributed by atoms with Gasteiger partial charge in [-0.15, -0.1) is 0 Å². The molecule has 30 heavy (non-hydrogen) atoms. The number of amidine groups is 1. The molecule has 10 heteroatoms. The Hall–Kier alpha value is -1.88. The van der Waals surface area contributed by atoms with Crippen molar-refractivity contribution in [1.82, 2.24) is 4.90 Å². The molecule has 1 aliphatic carbocycles. The summed E-state index contributed by atoms with van der Waals surface area (Å²) in [6.45, 7) is -0.222. The number of hydrogen-bond acceptors (Lipinski definition) is 9. The molecule has 0 aromatic heterocycles. The summed E-state index contributed by atoms with van der Waals surface area (Å²) < 4.78 is 5.65. The largest absolute Gasteiger partial charge is 0.394 e. The lowest BCUT2D eigenvalue weighted by molar-refractivity contribution is -0.0688. The molecule has 5 N–H and O–H groups in total. The number of nitrogens with zero attached hydrogens (tertiary/aromatic N) is 4. The lowest BCUT2D eigenvalue weighted by Gasteiger charge is -2.34. The van der Waals surface area contributed by atoms with Crippen molar-refractivity contribution in [2.45, 2.75) is 54.9 Å². The topological polar surface area (TPSA) is 136 Å². The molecule has 0 spiro atoms. The van der Waals surface area contributed by atoms with Gasteiger partial charge in [-0.2, -0.15) is 0 Å². The summed E-state index contributed by atoms with van der Waals surface area (Å²) >= 11 is 6.20. The van der Waals surface area contributed by atoms with E-state index < -0.39 is 36.8 Å². The molecule has 0 bridgehead atoms. The van der Waals surface area contributed by atoms with Crippen LogP contribution >= 0.6 is 11.6 Å². The monoisotopic (exact) mass is 433 g/mol. The summed E-state index contributed by atoms with van der Waals surface area (Å²) in [5, 5.41) is 30.6. The second-order valence-corrected chi connectivity index (χ2v) is 8.87. The zero-order chi connectivity index (χ0) is 21.1. The Bertz CT molecular complexity index is 949. The van der Waals surface area contributed by atoms with Crippen molar-refractivity contribution in [2.24, 2.45) is 20.7 Å². The number of aliphatic hydroxyl groups excluding tert-OH is 3. The number of nitrogens with two attached hydrogens (primary N) is 1. The third kappa shape index (κ3) is 3.08. The first-order valence-electron chi connectivity index (χ1n) is 9.98. The molecule has 1 saturated carbocycles. The maximum Gasteiger partial charge on any atom is 0.162 e. The van der Waals surface area contributed by atoms with Crippen LogP contribution in [0.25, 0.3) is 0 Å². The van der Waals surface area contributed by atoms with Crippen LogP contribution in [-0.4, -0.2) is 81.6 Å². The van der Waals surface area contributed by atoms with Crippen LogP contribution in [0.15, 0.2) is 39.2 Å². The van der Waals surface area contributed by atoms with Crippen LogP contribution in [-0.2, 0) is 10.2 Å². The van der Waals surface area contributed by atoms with Gasteiger partial charge in [0, 0.05) is 11.4 Å². The predicted molar refractivity (Wildman–Crippen MR) is 112 cm³/mol. The van der Waals surface area contributed by atoms with Gasteiger partial charge in [0.2, 0.25) is 0 Å². The third-order valence-electron chi connectivity index (χ3n) is 6.47. The van der Waals surface area contributed by atoms with E-state index in [-0.39, 0.29) is 12.1 Å². The fourth-order valence-electron chi connectivity index (χ4n) is 4.65. The van der Waals surface area contributed by atoms with E-state index >= 15 is 0 Å². The molecule has 1 unspecified atom stereocenters. The van der Waals surface area contributed by atoms with Gasteiger partial charge in [0.1, 0.15) is 37.0 Å². The Morgan fingerprint density at radius 2 is 2.07 bits per heavy atom. The molecule has 5 atom stereocenters. The van der Waals surface area contributed by atoms with Crippen LogP contribution in [0.3, 0.4) is 0 Å². The highest BCUT2D eigenvalue weighted by Gasteiger charge is 2.55. The summed E-state index contributed by atoms with van der Waals surface area (Å²) in [5.74, 6) is 0.476. The van der Waals surface area contributed by atoms with E-state index in [0.717, 1.165) is 18.4 Å². The van der Waals surface area contributed by atoms with Crippen molar-refractivity contribution >= 4 is 29.5 Å². The minimum Gasteiger partial charge on any atom is -0.394 e. The molecule has 9 nitrogen and oxygen atoms in total. The molecule has 4 aliphatic rings. The number of ether oxygens (including phenoxy) is 1. The number of aliphatic hydroxyl groups is 3. The molecule has 3 heterocycles. The van der Waals surface area contributed by atoms with E-state index in [1.807, 2.05) is 18.2 Å². The van der Waals surface area contributed by atoms with Crippen molar-refractivity contribution in [1.29, 1.82) is 0 Å². The van der Waals surface area contributed by atoms with Crippen molar-refractivity contribution in [3.8, 4) is 0 Å². The summed E-state index contributed by atoms with van der Waals surface area (Å²) in [6, 6.07) is 7.82. The van der Waals surface area contributed by atoms with Crippen LogP contribution < -0.4 is 5.73 Å². The molecule has 0 radical (unpaired) electrons. The molecule has 3 aliphatic heterocycles. The first kappa shape index (κ1) is 20.0. The lowest BCUT2D eigenvalue weighted by Crippen LogP contribution is -2.56. The van der Waals surface area contributed by atoms with E-state index in [9.17, 15) is 15.3 Å². The Labute approximate surface area is 178 Å². The summed E-state index contributed by atoms with van der Waals surface area (Å²) in [6.07, 6.45) is -0.197. The maximum absolute atomic E-state index is 10.4. The highest BCUT2D eigenvalue weighted by molar-refractivity contribution is 6.47. The highest BCUT2D eigenvalue weighted by atomic mass is 35.5. The molecule has 1 saturated heterocycles. The smallest absolute Gasteiger partial charge is 0.162 e. The minimum absolute atomic E-state index is 0.114. The summed E-state index contributed by atoms with van der Waals surface area (Å²) in [7, 11) is 0. The zero-order valence-electron chi connectivity index (χ0n) is 16.2. The quantitative estimate of drug-likeness (QED) is 0.516. The SMILES string of the molecule is NC1(CC2(c3cccc(Cl)c3)CC2)N=CN=C2C1=NCN2[C@@H]1O[C@H](CO)[C@@H](O)[C@H]1O. The van der Waals surface area contributed by atoms with E-state index in [1.165, 1.54) is 6.34 Å². The van der Waals surface area contributed by atoms with Gasteiger partial charge >= 0.3 is 0 Å². The van der Waals surface area contributed by atoms with Crippen LogP contribution in [0.5, 0.6) is 0 Å². The highest BCUT2D eigenvalue weighted by Crippen LogP contribution is 2.54. The average Bonchev–Trinajstić information content (AvgIpc) is 3.27. The fourth-order valence-corrected chi connectivity index (χ4v) is 4.84. The number of benzene rings is 1. The van der Waals surface area contributed by atoms with Crippen LogP contribution in [0, 0.1) is 0 Å². The summed E-state index contributed by atoms with van der Waals surface area (Å²) in [4.78, 5) is 15.1. The first-order valence-corrected chi connectivity index (χ1v) is 10.4. The van der Waals surface area contributed by atoms with Gasteiger partial charge < -0.3 is 30.7 Å². The average molecular weight is 434 g/mol. The normalized spacial score (nSPS) is 36.5. The molecule has 0 amide bonds. The van der Waals surface area contributed by atoms with Gasteiger partial charge in [-0.05, 0) is 36.0 Å². The number of rotatable bonds is 5. The molecule has 1 aromatic carbocycles. The standard InChI is InChI=1S/C20H24ClN5O4/c21-12-3-1-2-11(6-12)19(4-5-19)8-20(22)16-17(23-9-25-20)26(10-24-16)18-15(29)14(28)13(7-27)30-18/h1-3,6,9,13-15,18,27-29H,4-5,7-8,10,22H2/t13-,14-,15-,18-,20?/m1/s1. The van der Waals surface area contributed by atoms with Crippen LogP contribution in [0.4, 0.5) is 0 Å². The molecule has 160 valence electrons. The maximum atomic E-state index is 10.4. The van der Waals surface area contributed by atoms with Gasteiger partial charge in [0.25, 0.3) is 0 Å².